The maximum Gasteiger partial charge on any atom is 0.123 e. The molecule has 0 amide bonds. The van der Waals surface area contributed by atoms with Crippen LogP contribution in [-0.4, -0.2) is 0 Å². The highest BCUT2D eigenvalue weighted by atomic mass is 19.1. The Morgan fingerprint density at radius 3 is 2.22 bits per heavy atom. The molecule has 2 rings (SSSR count). The fourth-order valence-corrected chi connectivity index (χ4v) is 2.09. The third kappa shape index (κ3) is 3.10. The van der Waals surface area contributed by atoms with E-state index in [0.29, 0.717) is 6.61 Å². The van der Waals surface area contributed by atoms with E-state index in [9.17, 15) is 4.39 Å². The lowest BCUT2D eigenvalue weighted by atomic mass is 10.1. The van der Waals surface area contributed by atoms with E-state index < -0.39 is 0 Å². The van der Waals surface area contributed by atoms with Crippen LogP contribution in [0.15, 0.2) is 36.4 Å². The van der Waals surface area contributed by atoms with Gasteiger partial charge in [0.05, 0.1) is 0 Å². The molecule has 0 N–H and O–H groups in total. The molecule has 0 saturated carbocycles. The Morgan fingerprint density at radius 2 is 1.61 bits per heavy atom. The molecule has 94 valence electrons. The number of ether oxygens (including phenoxy) is 1. The molecule has 2 heteroatoms. The molecule has 0 radical (unpaired) electrons. The first-order valence-electron chi connectivity index (χ1n) is 6.01. The van der Waals surface area contributed by atoms with Crippen molar-refractivity contribution in [3.8, 4) is 5.75 Å². The van der Waals surface area contributed by atoms with E-state index in [1.807, 2.05) is 6.92 Å². The molecule has 18 heavy (non-hydrogen) atoms. The molecule has 0 spiro atoms. The summed E-state index contributed by atoms with van der Waals surface area (Å²) >= 11 is 0. The molecule has 0 unspecified atom stereocenters. The molecular weight excluding hydrogens is 227 g/mol. The minimum Gasteiger partial charge on any atom is -0.489 e. The highest BCUT2D eigenvalue weighted by Gasteiger charge is 2.02. The van der Waals surface area contributed by atoms with E-state index in [-0.39, 0.29) is 5.82 Å². The number of hydrogen-bond donors (Lipinski definition) is 0. The van der Waals surface area contributed by atoms with Crippen LogP contribution in [0.25, 0.3) is 0 Å². The van der Waals surface area contributed by atoms with Gasteiger partial charge in [0.1, 0.15) is 18.2 Å². The summed E-state index contributed by atoms with van der Waals surface area (Å²) in [6.07, 6.45) is 0. The summed E-state index contributed by atoms with van der Waals surface area (Å²) in [6, 6.07) is 10.9. The van der Waals surface area contributed by atoms with Crippen molar-refractivity contribution in [2.45, 2.75) is 27.4 Å². The fourth-order valence-electron chi connectivity index (χ4n) is 2.09. The van der Waals surface area contributed by atoms with Crippen LogP contribution in [0.2, 0.25) is 0 Å². The summed E-state index contributed by atoms with van der Waals surface area (Å²) in [4.78, 5) is 0. The number of hydrogen-bond acceptors (Lipinski definition) is 1. The first-order valence-corrected chi connectivity index (χ1v) is 6.01. The summed E-state index contributed by atoms with van der Waals surface area (Å²) in [5, 5.41) is 0. The van der Waals surface area contributed by atoms with Gasteiger partial charge in [-0.15, -0.1) is 0 Å². The Bertz CT molecular complexity index is 541. The molecular formula is C16H17FO. The summed E-state index contributed by atoms with van der Waals surface area (Å²) < 4.78 is 18.7. The molecule has 0 aliphatic carbocycles. The van der Waals surface area contributed by atoms with Crippen molar-refractivity contribution in [1.82, 2.24) is 0 Å². The largest absolute Gasteiger partial charge is 0.489 e. The first-order chi connectivity index (χ1) is 8.54. The molecule has 0 aromatic heterocycles. The molecule has 0 aliphatic rings. The first kappa shape index (κ1) is 12.6. The second-order valence-electron chi connectivity index (χ2n) is 4.69. The Hall–Kier alpha value is -1.83. The van der Waals surface area contributed by atoms with E-state index >= 15 is 0 Å². The van der Waals surface area contributed by atoms with Crippen molar-refractivity contribution in [1.29, 1.82) is 0 Å². The Labute approximate surface area is 107 Å². The molecule has 0 aliphatic heterocycles. The van der Waals surface area contributed by atoms with Crippen molar-refractivity contribution in [2.75, 3.05) is 0 Å². The van der Waals surface area contributed by atoms with Gasteiger partial charge in [-0.25, -0.2) is 4.39 Å². The second-order valence-corrected chi connectivity index (χ2v) is 4.69. The van der Waals surface area contributed by atoms with Crippen LogP contribution >= 0.6 is 0 Å². The molecule has 0 saturated heterocycles. The molecule has 0 fully saturated rings. The maximum atomic E-state index is 13.0. The van der Waals surface area contributed by atoms with Crippen molar-refractivity contribution in [3.63, 3.8) is 0 Å². The standard InChI is InChI=1S/C16H17FO/c1-11-6-12(2)8-14(7-11)10-18-16-5-4-15(17)9-13(16)3/h4-9H,10H2,1-3H3. The van der Waals surface area contributed by atoms with Gasteiger partial charge in [-0.05, 0) is 50.1 Å². The van der Waals surface area contributed by atoms with Crippen LogP contribution in [0, 0.1) is 26.6 Å². The highest BCUT2D eigenvalue weighted by Crippen LogP contribution is 2.20. The third-order valence-electron chi connectivity index (χ3n) is 2.81. The molecule has 2 aromatic carbocycles. The van der Waals surface area contributed by atoms with E-state index in [1.165, 1.54) is 23.3 Å². The van der Waals surface area contributed by atoms with E-state index in [4.69, 9.17) is 4.74 Å². The molecule has 0 bridgehead atoms. The molecule has 0 atom stereocenters. The normalized spacial score (nSPS) is 10.4. The average molecular weight is 244 g/mol. The minimum absolute atomic E-state index is 0.230. The fraction of sp³-hybridized carbons (Fsp3) is 0.250. The number of aryl methyl sites for hydroxylation is 3. The molecule has 0 heterocycles. The number of benzene rings is 2. The lowest BCUT2D eigenvalue weighted by Gasteiger charge is -2.10. The van der Waals surface area contributed by atoms with Gasteiger partial charge in [0.2, 0.25) is 0 Å². The average Bonchev–Trinajstić information content (AvgIpc) is 2.26. The van der Waals surface area contributed by atoms with Crippen LogP contribution in [-0.2, 0) is 6.61 Å². The predicted molar refractivity (Wildman–Crippen MR) is 71.4 cm³/mol. The highest BCUT2D eigenvalue weighted by molar-refractivity contribution is 5.33. The van der Waals surface area contributed by atoms with Crippen molar-refractivity contribution < 1.29 is 9.13 Å². The van der Waals surface area contributed by atoms with Crippen LogP contribution in [0.4, 0.5) is 4.39 Å². The zero-order valence-corrected chi connectivity index (χ0v) is 11.0. The SMILES string of the molecule is Cc1cc(C)cc(COc2ccc(F)cc2C)c1. The maximum absolute atomic E-state index is 13.0. The van der Waals surface area contributed by atoms with Crippen LogP contribution in [0.5, 0.6) is 5.75 Å². The molecule has 1 nitrogen and oxygen atoms in total. The van der Waals surface area contributed by atoms with Gasteiger partial charge in [-0.2, -0.15) is 0 Å². The summed E-state index contributed by atoms with van der Waals surface area (Å²) in [6.45, 7) is 6.49. The van der Waals surface area contributed by atoms with E-state index in [2.05, 4.69) is 32.0 Å². The van der Waals surface area contributed by atoms with E-state index in [0.717, 1.165) is 16.9 Å². The minimum atomic E-state index is -0.230. The van der Waals surface area contributed by atoms with Crippen molar-refractivity contribution >= 4 is 0 Å². The predicted octanol–water partition coefficient (Wildman–Crippen LogP) is 4.33. The third-order valence-corrected chi connectivity index (χ3v) is 2.81. The summed E-state index contributed by atoms with van der Waals surface area (Å²) in [5.41, 5.74) is 4.41. The van der Waals surface area contributed by atoms with Gasteiger partial charge in [-0.1, -0.05) is 29.3 Å². The van der Waals surface area contributed by atoms with Gasteiger partial charge in [0, 0.05) is 0 Å². The van der Waals surface area contributed by atoms with Gasteiger partial charge >= 0.3 is 0 Å². The van der Waals surface area contributed by atoms with E-state index in [1.54, 1.807) is 6.07 Å². The lowest BCUT2D eigenvalue weighted by Crippen LogP contribution is -1.98. The smallest absolute Gasteiger partial charge is 0.123 e. The Kier molecular flexibility index (Phi) is 3.66. The quantitative estimate of drug-likeness (QED) is 0.780. The zero-order chi connectivity index (χ0) is 13.1. The van der Waals surface area contributed by atoms with Crippen LogP contribution in [0.3, 0.4) is 0 Å². The number of halogens is 1. The zero-order valence-electron chi connectivity index (χ0n) is 11.0. The Balaban J connectivity index is 2.11. The summed E-state index contributed by atoms with van der Waals surface area (Å²) in [5.74, 6) is 0.502. The van der Waals surface area contributed by atoms with Gasteiger partial charge in [-0.3, -0.25) is 0 Å². The topological polar surface area (TPSA) is 9.23 Å². The number of rotatable bonds is 3. The second kappa shape index (κ2) is 5.21. The van der Waals surface area contributed by atoms with Gasteiger partial charge in [0.15, 0.2) is 0 Å². The van der Waals surface area contributed by atoms with Gasteiger partial charge < -0.3 is 4.74 Å². The lowest BCUT2D eigenvalue weighted by molar-refractivity contribution is 0.303. The monoisotopic (exact) mass is 244 g/mol. The Morgan fingerprint density at radius 1 is 0.944 bits per heavy atom. The molecule has 2 aromatic rings. The van der Waals surface area contributed by atoms with Crippen molar-refractivity contribution in [3.05, 3.63) is 64.5 Å². The van der Waals surface area contributed by atoms with Gasteiger partial charge in [0.25, 0.3) is 0 Å². The van der Waals surface area contributed by atoms with Crippen molar-refractivity contribution in [2.24, 2.45) is 0 Å². The van der Waals surface area contributed by atoms with Crippen LogP contribution in [0.1, 0.15) is 22.3 Å². The van der Waals surface area contributed by atoms with Crippen LogP contribution < -0.4 is 4.74 Å². The summed E-state index contributed by atoms with van der Waals surface area (Å²) in [7, 11) is 0.